The van der Waals surface area contributed by atoms with E-state index in [9.17, 15) is 0 Å². The van der Waals surface area contributed by atoms with Gasteiger partial charge in [0.1, 0.15) is 6.10 Å². The van der Waals surface area contributed by atoms with Gasteiger partial charge in [-0.25, -0.2) is 0 Å². The van der Waals surface area contributed by atoms with Crippen molar-refractivity contribution in [3.05, 3.63) is 35.2 Å². The highest BCUT2D eigenvalue weighted by Crippen LogP contribution is 2.22. The van der Waals surface area contributed by atoms with Crippen molar-refractivity contribution >= 4 is 11.6 Å². The molecule has 5 nitrogen and oxygen atoms in total. The maximum Gasteiger partial charge on any atom is 0.257 e. The van der Waals surface area contributed by atoms with E-state index in [1.54, 1.807) is 19.2 Å². The van der Waals surface area contributed by atoms with Crippen LogP contribution in [0.25, 0.3) is 11.4 Å². The Hall–Kier alpha value is -1.43. The van der Waals surface area contributed by atoms with Gasteiger partial charge in [-0.3, -0.25) is 0 Å². The molecule has 0 bridgehead atoms. The Balaban J connectivity index is 2.29. The van der Waals surface area contributed by atoms with Gasteiger partial charge >= 0.3 is 0 Å². The molecule has 1 unspecified atom stereocenters. The quantitative estimate of drug-likeness (QED) is 0.903. The van der Waals surface area contributed by atoms with Crippen LogP contribution in [0.3, 0.4) is 0 Å². The molecule has 1 aromatic carbocycles. The molecule has 0 aliphatic heterocycles. The summed E-state index contributed by atoms with van der Waals surface area (Å²) in [5, 5.41) is 4.49. The van der Waals surface area contributed by atoms with E-state index in [4.69, 9.17) is 26.6 Å². The van der Waals surface area contributed by atoms with E-state index < -0.39 is 0 Å². The van der Waals surface area contributed by atoms with Crippen molar-refractivity contribution in [1.29, 1.82) is 0 Å². The number of nitrogens with two attached hydrogens (primary N) is 1. The molecule has 0 radical (unpaired) electrons. The van der Waals surface area contributed by atoms with Gasteiger partial charge in [0.15, 0.2) is 0 Å². The van der Waals surface area contributed by atoms with Crippen LogP contribution in [0.15, 0.2) is 28.8 Å². The molecule has 0 saturated carbocycles. The number of hydrogen-bond donors (Lipinski definition) is 1. The molecular weight excluding hydrogens is 242 g/mol. The molecule has 17 heavy (non-hydrogen) atoms. The first kappa shape index (κ1) is 12.0. The summed E-state index contributed by atoms with van der Waals surface area (Å²) in [4.78, 5) is 4.22. The second kappa shape index (κ2) is 5.27. The third kappa shape index (κ3) is 2.63. The average Bonchev–Trinajstić information content (AvgIpc) is 2.80. The van der Waals surface area contributed by atoms with E-state index in [0.29, 0.717) is 16.7 Å². The molecule has 0 amide bonds. The van der Waals surface area contributed by atoms with Crippen LogP contribution in [-0.2, 0) is 4.74 Å². The normalized spacial score (nSPS) is 12.6. The van der Waals surface area contributed by atoms with Crippen LogP contribution < -0.4 is 5.73 Å². The number of ether oxygens (including phenoxy) is 1. The van der Waals surface area contributed by atoms with Gasteiger partial charge in [0.05, 0.1) is 0 Å². The highest BCUT2D eigenvalue weighted by Gasteiger charge is 2.17. The summed E-state index contributed by atoms with van der Waals surface area (Å²) in [7, 11) is 1.54. The molecular formula is C11H12ClN3O2. The van der Waals surface area contributed by atoms with Gasteiger partial charge in [-0.1, -0.05) is 28.9 Å². The summed E-state index contributed by atoms with van der Waals surface area (Å²) in [5.74, 6) is 0.836. The molecule has 0 saturated heterocycles. The van der Waals surface area contributed by atoms with Gasteiger partial charge in [0.2, 0.25) is 5.82 Å². The summed E-state index contributed by atoms with van der Waals surface area (Å²) in [6.45, 7) is 0.285. The summed E-state index contributed by atoms with van der Waals surface area (Å²) in [5.41, 5.74) is 6.30. The third-order valence-corrected chi connectivity index (χ3v) is 2.53. The predicted molar refractivity (Wildman–Crippen MR) is 63.5 cm³/mol. The highest BCUT2D eigenvalue weighted by atomic mass is 35.5. The van der Waals surface area contributed by atoms with Gasteiger partial charge in [-0.2, -0.15) is 4.98 Å². The molecule has 1 atom stereocenters. The van der Waals surface area contributed by atoms with Crippen molar-refractivity contribution in [2.24, 2.45) is 5.73 Å². The van der Waals surface area contributed by atoms with Gasteiger partial charge < -0.3 is 15.0 Å². The van der Waals surface area contributed by atoms with Crippen LogP contribution in [0.4, 0.5) is 0 Å². The zero-order valence-corrected chi connectivity index (χ0v) is 10.0. The van der Waals surface area contributed by atoms with Crippen molar-refractivity contribution in [1.82, 2.24) is 10.1 Å². The van der Waals surface area contributed by atoms with Gasteiger partial charge in [0, 0.05) is 24.2 Å². The topological polar surface area (TPSA) is 74.2 Å². The van der Waals surface area contributed by atoms with Crippen LogP contribution in [0.2, 0.25) is 5.02 Å². The Morgan fingerprint density at radius 2 is 2.35 bits per heavy atom. The lowest BCUT2D eigenvalue weighted by atomic mass is 10.2. The molecule has 2 aromatic rings. The second-order valence-electron chi connectivity index (χ2n) is 3.43. The first-order valence-electron chi connectivity index (χ1n) is 5.07. The van der Waals surface area contributed by atoms with Crippen molar-refractivity contribution in [3.8, 4) is 11.4 Å². The minimum absolute atomic E-state index is 0.285. The third-order valence-electron chi connectivity index (χ3n) is 2.30. The van der Waals surface area contributed by atoms with Gasteiger partial charge in [0.25, 0.3) is 5.89 Å². The fourth-order valence-electron chi connectivity index (χ4n) is 1.41. The lowest BCUT2D eigenvalue weighted by Crippen LogP contribution is -2.14. The molecule has 90 valence electrons. The number of benzene rings is 1. The zero-order chi connectivity index (χ0) is 12.3. The van der Waals surface area contributed by atoms with E-state index in [-0.39, 0.29) is 12.6 Å². The van der Waals surface area contributed by atoms with Crippen LogP contribution in [0.5, 0.6) is 0 Å². The maximum absolute atomic E-state index is 5.89. The standard InChI is InChI=1S/C11H12ClN3O2/c1-16-9(6-13)11-14-10(15-17-11)7-3-2-4-8(12)5-7/h2-5,9H,6,13H2,1H3. The summed E-state index contributed by atoms with van der Waals surface area (Å²) < 4.78 is 10.2. The molecule has 6 heteroatoms. The predicted octanol–water partition coefficient (Wildman–Crippen LogP) is 2.04. The van der Waals surface area contributed by atoms with E-state index in [1.165, 1.54) is 0 Å². The smallest absolute Gasteiger partial charge is 0.257 e. The lowest BCUT2D eigenvalue weighted by Gasteiger charge is -2.05. The van der Waals surface area contributed by atoms with Crippen molar-refractivity contribution in [2.75, 3.05) is 13.7 Å². The SMILES string of the molecule is COC(CN)c1nc(-c2cccc(Cl)c2)no1. The minimum Gasteiger partial charge on any atom is -0.370 e. The van der Waals surface area contributed by atoms with Crippen LogP contribution in [0, 0.1) is 0 Å². The summed E-state index contributed by atoms with van der Waals surface area (Å²) in [6.07, 6.45) is -0.379. The Morgan fingerprint density at radius 3 is 3.00 bits per heavy atom. The number of hydrogen-bond acceptors (Lipinski definition) is 5. The molecule has 0 spiro atoms. The van der Waals surface area contributed by atoms with E-state index in [1.807, 2.05) is 12.1 Å². The average molecular weight is 254 g/mol. The highest BCUT2D eigenvalue weighted by molar-refractivity contribution is 6.30. The van der Waals surface area contributed by atoms with Crippen molar-refractivity contribution in [3.63, 3.8) is 0 Å². The monoisotopic (exact) mass is 253 g/mol. The van der Waals surface area contributed by atoms with Crippen LogP contribution in [-0.4, -0.2) is 23.8 Å². The zero-order valence-electron chi connectivity index (χ0n) is 9.26. The van der Waals surface area contributed by atoms with Crippen LogP contribution in [0.1, 0.15) is 12.0 Å². The summed E-state index contributed by atoms with van der Waals surface area (Å²) >= 11 is 5.89. The van der Waals surface area contributed by atoms with Gasteiger partial charge in [-0.15, -0.1) is 0 Å². The number of nitrogens with zero attached hydrogens (tertiary/aromatic N) is 2. The molecule has 0 fully saturated rings. The Kier molecular flexibility index (Phi) is 3.73. The fourth-order valence-corrected chi connectivity index (χ4v) is 1.60. The molecule has 1 heterocycles. The first-order valence-corrected chi connectivity index (χ1v) is 5.44. The van der Waals surface area contributed by atoms with Gasteiger partial charge in [-0.05, 0) is 12.1 Å². The number of aromatic nitrogens is 2. The second-order valence-corrected chi connectivity index (χ2v) is 3.86. The molecule has 0 aliphatic rings. The number of rotatable bonds is 4. The largest absolute Gasteiger partial charge is 0.370 e. The van der Waals surface area contributed by atoms with Crippen molar-refractivity contribution in [2.45, 2.75) is 6.10 Å². The summed E-state index contributed by atoms with van der Waals surface area (Å²) in [6, 6.07) is 7.22. The molecule has 2 rings (SSSR count). The Bertz CT molecular complexity index is 497. The van der Waals surface area contributed by atoms with Crippen LogP contribution >= 0.6 is 11.6 Å². The Labute approximate surface area is 104 Å². The number of methoxy groups -OCH3 is 1. The molecule has 2 N–H and O–H groups in total. The molecule has 1 aromatic heterocycles. The van der Waals surface area contributed by atoms with E-state index in [2.05, 4.69) is 10.1 Å². The Morgan fingerprint density at radius 1 is 1.53 bits per heavy atom. The van der Waals surface area contributed by atoms with E-state index >= 15 is 0 Å². The first-order chi connectivity index (χ1) is 8.24. The van der Waals surface area contributed by atoms with Crippen molar-refractivity contribution < 1.29 is 9.26 Å². The molecule has 0 aliphatic carbocycles. The number of halogens is 1. The fraction of sp³-hybridized carbons (Fsp3) is 0.273. The van der Waals surface area contributed by atoms with E-state index in [0.717, 1.165) is 5.56 Å². The maximum atomic E-state index is 5.89. The minimum atomic E-state index is -0.379. The lowest BCUT2D eigenvalue weighted by molar-refractivity contribution is 0.0804.